The van der Waals surface area contributed by atoms with Crippen LogP contribution in [0.25, 0.3) is 0 Å². The van der Waals surface area contributed by atoms with Gasteiger partial charge in [-0.25, -0.2) is 4.98 Å². The summed E-state index contributed by atoms with van der Waals surface area (Å²) in [5.74, 6) is 1.32. The molecule has 0 spiro atoms. The second-order valence-electron chi connectivity index (χ2n) is 5.86. The van der Waals surface area contributed by atoms with Crippen LogP contribution in [0.5, 0.6) is 0 Å². The van der Waals surface area contributed by atoms with Crippen molar-refractivity contribution in [3.63, 3.8) is 0 Å². The summed E-state index contributed by atoms with van der Waals surface area (Å²) in [6.45, 7) is 11.7. The van der Waals surface area contributed by atoms with E-state index in [1.807, 2.05) is 6.20 Å². The van der Waals surface area contributed by atoms with Crippen LogP contribution in [-0.2, 0) is 0 Å². The van der Waals surface area contributed by atoms with Crippen LogP contribution < -0.4 is 5.32 Å². The highest BCUT2D eigenvalue weighted by molar-refractivity contribution is 7.09. The van der Waals surface area contributed by atoms with E-state index in [0.717, 1.165) is 19.0 Å². The van der Waals surface area contributed by atoms with Crippen molar-refractivity contribution in [2.75, 3.05) is 26.2 Å². The average molecular weight is 281 g/mol. The molecule has 2 heterocycles. The standard InChI is InChI=1S/C15H27N3S/c1-4-6-16-14-5-8-18(10-12(14)2)11-13(3)15-17-7-9-19-15/h7,9,12-14,16H,4-6,8,10-11H2,1-3H3. The van der Waals surface area contributed by atoms with Crippen LogP contribution in [0, 0.1) is 5.92 Å². The van der Waals surface area contributed by atoms with Crippen molar-refractivity contribution in [3.05, 3.63) is 16.6 Å². The number of aromatic nitrogens is 1. The van der Waals surface area contributed by atoms with Crippen molar-refractivity contribution in [2.45, 2.75) is 45.6 Å². The van der Waals surface area contributed by atoms with Crippen molar-refractivity contribution in [1.82, 2.24) is 15.2 Å². The number of nitrogens with zero attached hydrogens (tertiary/aromatic N) is 2. The van der Waals surface area contributed by atoms with E-state index < -0.39 is 0 Å². The predicted molar refractivity (Wildman–Crippen MR) is 82.8 cm³/mol. The molecule has 1 aliphatic heterocycles. The minimum atomic E-state index is 0.562. The molecule has 1 saturated heterocycles. The number of hydrogen-bond donors (Lipinski definition) is 1. The fraction of sp³-hybridized carbons (Fsp3) is 0.800. The Labute approximate surface area is 121 Å². The van der Waals surface area contributed by atoms with Gasteiger partial charge in [0.2, 0.25) is 0 Å². The van der Waals surface area contributed by atoms with Crippen LogP contribution in [0.3, 0.4) is 0 Å². The second-order valence-corrected chi connectivity index (χ2v) is 6.78. The van der Waals surface area contributed by atoms with Crippen LogP contribution in [0.2, 0.25) is 0 Å². The predicted octanol–water partition coefficient (Wildman–Crippen LogP) is 2.96. The number of hydrogen-bond acceptors (Lipinski definition) is 4. The molecule has 1 aromatic rings. The number of piperidine rings is 1. The lowest BCUT2D eigenvalue weighted by molar-refractivity contribution is 0.142. The third-order valence-electron chi connectivity index (χ3n) is 4.05. The summed E-state index contributed by atoms with van der Waals surface area (Å²) in [5.41, 5.74) is 0. The number of nitrogens with one attached hydrogen (secondary N) is 1. The Kier molecular flexibility index (Phi) is 5.79. The first-order chi connectivity index (χ1) is 9.20. The Morgan fingerprint density at radius 1 is 1.58 bits per heavy atom. The Bertz CT molecular complexity index is 352. The lowest BCUT2D eigenvalue weighted by atomic mass is 9.93. The Hall–Kier alpha value is -0.450. The van der Waals surface area contributed by atoms with Crippen molar-refractivity contribution >= 4 is 11.3 Å². The first-order valence-electron chi connectivity index (χ1n) is 7.55. The Morgan fingerprint density at radius 2 is 2.42 bits per heavy atom. The van der Waals surface area contributed by atoms with Gasteiger partial charge in [-0.15, -0.1) is 11.3 Å². The van der Waals surface area contributed by atoms with Gasteiger partial charge in [-0.3, -0.25) is 0 Å². The molecule has 4 heteroatoms. The molecule has 0 saturated carbocycles. The van der Waals surface area contributed by atoms with E-state index in [1.54, 1.807) is 11.3 Å². The van der Waals surface area contributed by atoms with E-state index in [-0.39, 0.29) is 0 Å². The summed E-state index contributed by atoms with van der Waals surface area (Å²) < 4.78 is 0. The zero-order valence-electron chi connectivity index (χ0n) is 12.4. The summed E-state index contributed by atoms with van der Waals surface area (Å²) in [6.07, 6.45) is 4.43. The summed E-state index contributed by atoms with van der Waals surface area (Å²) in [6, 6.07) is 0.714. The molecule has 0 bridgehead atoms. The van der Waals surface area contributed by atoms with Crippen LogP contribution in [0.15, 0.2) is 11.6 Å². The quantitative estimate of drug-likeness (QED) is 0.869. The van der Waals surface area contributed by atoms with Gasteiger partial charge in [-0.05, 0) is 31.8 Å². The van der Waals surface area contributed by atoms with Gasteiger partial charge >= 0.3 is 0 Å². The average Bonchev–Trinajstić information content (AvgIpc) is 2.92. The summed E-state index contributed by atoms with van der Waals surface area (Å²) in [5, 5.41) is 7.04. The molecule has 0 radical (unpaired) electrons. The van der Waals surface area contributed by atoms with E-state index in [2.05, 4.69) is 41.4 Å². The van der Waals surface area contributed by atoms with E-state index in [1.165, 1.54) is 30.9 Å². The third kappa shape index (κ3) is 4.26. The van der Waals surface area contributed by atoms with E-state index >= 15 is 0 Å². The topological polar surface area (TPSA) is 28.2 Å². The molecule has 108 valence electrons. The SMILES string of the molecule is CCCNC1CCN(CC(C)c2nccs2)CC1C. The molecule has 2 rings (SSSR count). The molecule has 0 aliphatic carbocycles. The molecule has 1 aromatic heterocycles. The summed E-state index contributed by atoms with van der Waals surface area (Å²) in [7, 11) is 0. The lowest BCUT2D eigenvalue weighted by Gasteiger charge is -2.38. The van der Waals surface area contributed by atoms with Crippen LogP contribution in [0.4, 0.5) is 0 Å². The van der Waals surface area contributed by atoms with E-state index in [4.69, 9.17) is 0 Å². The molecular weight excluding hydrogens is 254 g/mol. The lowest BCUT2D eigenvalue weighted by Crippen LogP contribution is -2.49. The first kappa shape index (κ1) is 14.9. The molecule has 3 atom stereocenters. The van der Waals surface area contributed by atoms with Gasteiger partial charge in [0.05, 0.1) is 5.01 Å². The van der Waals surface area contributed by atoms with Gasteiger partial charge in [-0.1, -0.05) is 20.8 Å². The molecule has 0 amide bonds. The highest BCUT2D eigenvalue weighted by Crippen LogP contribution is 2.23. The van der Waals surface area contributed by atoms with Gasteiger partial charge in [0.15, 0.2) is 0 Å². The van der Waals surface area contributed by atoms with Gasteiger partial charge in [0.1, 0.15) is 0 Å². The smallest absolute Gasteiger partial charge is 0.0965 e. The monoisotopic (exact) mass is 281 g/mol. The molecule has 1 N–H and O–H groups in total. The highest BCUT2D eigenvalue weighted by atomic mass is 32.1. The maximum atomic E-state index is 4.44. The van der Waals surface area contributed by atoms with Crippen molar-refractivity contribution < 1.29 is 0 Å². The van der Waals surface area contributed by atoms with E-state index in [0.29, 0.717) is 12.0 Å². The third-order valence-corrected chi connectivity index (χ3v) is 5.06. The molecule has 1 aliphatic rings. The molecule has 3 unspecified atom stereocenters. The summed E-state index contributed by atoms with van der Waals surface area (Å²) in [4.78, 5) is 7.05. The Balaban J connectivity index is 1.78. The first-order valence-corrected chi connectivity index (χ1v) is 8.43. The minimum absolute atomic E-state index is 0.562. The zero-order valence-corrected chi connectivity index (χ0v) is 13.2. The van der Waals surface area contributed by atoms with Crippen LogP contribution in [0.1, 0.15) is 44.5 Å². The van der Waals surface area contributed by atoms with Gasteiger partial charge in [0.25, 0.3) is 0 Å². The Morgan fingerprint density at radius 3 is 3.05 bits per heavy atom. The summed E-state index contributed by atoms with van der Waals surface area (Å²) >= 11 is 1.78. The van der Waals surface area contributed by atoms with Gasteiger partial charge < -0.3 is 10.2 Å². The molecule has 1 fully saturated rings. The van der Waals surface area contributed by atoms with Crippen molar-refractivity contribution in [1.29, 1.82) is 0 Å². The normalized spacial score (nSPS) is 26.5. The maximum absolute atomic E-state index is 4.44. The van der Waals surface area contributed by atoms with Crippen molar-refractivity contribution in [2.24, 2.45) is 5.92 Å². The van der Waals surface area contributed by atoms with Crippen LogP contribution >= 0.6 is 11.3 Å². The molecule has 0 aromatic carbocycles. The maximum Gasteiger partial charge on any atom is 0.0965 e. The zero-order chi connectivity index (χ0) is 13.7. The van der Waals surface area contributed by atoms with Crippen molar-refractivity contribution in [3.8, 4) is 0 Å². The largest absolute Gasteiger partial charge is 0.314 e. The molecular formula is C15H27N3S. The van der Waals surface area contributed by atoms with Gasteiger partial charge in [-0.2, -0.15) is 0 Å². The fourth-order valence-corrected chi connectivity index (χ4v) is 3.66. The van der Waals surface area contributed by atoms with Gasteiger partial charge in [0, 0.05) is 36.6 Å². The number of thiazole rings is 1. The minimum Gasteiger partial charge on any atom is -0.314 e. The highest BCUT2D eigenvalue weighted by Gasteiger charge is 2.26. The van der Waals surface area contributed by atoms with E-state index in [9.17, 15) is 0 Å². The van der Waals surface area contributed by atoms with Crippen LogP contribution in [-0.4, -0.2) is 42.1 Å². The number of likely N-dealkylation sites (tertiary alicyclic amines) is 1. The molecule has 3 nitrogen and oxygen atoms in total. The fourth-order valence-electron chi connectivity index (χ4n) is 2.97. The second kappa shape index (κ2) is 7.36. The molecule has 19 heavy (non-hydrogen) atoms. The number of rotatable bonds is 6.